The van der Waals surface area contributed by atoms with Crippen LogP contribution in [0, 0.1) is 0 Å². The van der Waals surface area contributed by atoms with Crippen molar-refractivity contribution in [3.63, 3.8) is 0 Å². The van der Waals surface area contributed by atoms with Crippen LogP contribution in [0.1, 0.15) is 0 Å². The van der Waals surface area contributed by atoms with Crippen LogP contribution >= 0.6 is 0 Å². The van der Waals surface area contributed by atoms with Crippen LogP contribution < -0.4 is 11.6 Å². The van der Waals surface area contributed by atoms with Gasteiger partial charge in [-0.3, -0.25) is 0 Å². The molecule has 6 heteroatoms. The molecule has 0 unspecified atom stereocenters. The third kappa shape index (κ3) is 0.532. The first-order chi connectivity index (χ1) is 3.30. The third-order valence-electron chi connectivity index (χ3n) is 0.601. The summed E-state index contributed by atoms with van der Waals surface area (Å²) in [5, 5.41) is 3.47. The van der Waals surface area contributed by atoms with Crippen molar-refractivity contribution in [3.05, 3.63) is 0 Å². The van der Waals surface area contributed by atoms with Crippen molar-refractivity contribution >= 4 is 13.1 Å². The normalized spacial score (nSPS) is 8.57. The standard InChI is InChI=1S/CH4BN5/c3-1-5-2-6-7(1)4/h4H2,(H2,3,5). The van der Waals surface area contributed by atoms with Gasteiger partial charge in [-0.05, 0) is 0 Å². The molecule has 1 heterocycles. The van der Waals surface area contributed by atoms with Gasteiger partial charge >= 0.3 is 39.4 Å². The van der Waals surface area contributed by atoms with E-state index in [1.165, 1.54) is 7.19 Å². The van der Waals surface area contributed by atoms with E-state index >= 15 is 0 Å². The average molecular weight is 96.9 g/mol. The molecule has 7 heavy (non-hydrogen) atoms. The molecule has 0 spiro atoms. The summed E-state index contributed by atoms with van der Waals surface area (Å²) in [7, 11) is 1.29. The Morgan fingerprint density at radius 3 is 2.57 bits per heavy atom. The van der Waals surface area contributed by atoms with E-state index in [2.05, 4.69) is 9.90 Å². The van der Waals surface area contributed by atoms with E-state index in [0.717, 1.165) is 4.79 Å². The Kier molecular flexibility index (Phi) is 0.711. The molecule has 1 aromatic rings. The minimum absolute atomic E-state index is 0.222. The van der Waals surface area contributed by atoms with Gasteiger partial charge in [0.25, 0.3) is 0 Å². The van der Waals surface area contributed by atoms with Crippen molar-refractivity contribution in [3.8, 4) is 0 Å². The Morgan fingerprint density at radius 2 is 2.43 bits per heavy atom. The topological polar surface area (TPSA) is 82.8 Å². The Hall–Kier alpha value is -1.07. The molecule has 1 rings (SSSR count). The summed E-state index contributed by atoms with van der Waals surface area (Å²) >= 11 is 0. The molecule has 36 valence electrons. The van der Waals surface area contributed by atoms with E-state index in [1.54, 1.807) is 0 Å². The molecule has 0 aromatic carbocycles. The predicted octanol–water partition coefficient (Wildman–Crippen LogP) is -2.09. The summed E-state index contributed by atoms with van der Waals surface area (Å²) in [6.45, 7) is 0. The third-order valence-corrected chi connectivity index (χ3v) is 0.601. The second-order valence-corrected chi connectivity index (χ2v) is 1.06. The number of anilines is 1. The van der Waals surface area contributed by atoms with Crippen LogP contribution in [0.3, 0.4) is 0 Å². The summed E-state index contributed by atoms with van der Waals surface area (Å²) in [5.41, 5.74) is 5.10. The molecule has 0 fully saturated rings. The van der Waals surface area contributed by atoms with E-state index < -0.39 is 0 Å². The van der Waals surface area contributed by atoms with E-state index in [9.17, 15) is 0 Å². The molecule has 0 radical (unpaired) electrons. The Morgan fingerprint density at radius 1 is 1.71 bits per heavy atom. The number of hydrogen-bond acceptors (Lipinski definition) is 4. The molecule has 0 aliphatic rings. The van der Waals surface area contributed by atoms with E-state index in [1.807, 2.05) is 0 Å². The summed E-state index contributed by atoms with van der Waals surface area (Å²) < 4.78 is 0. The molecule has 0 aliphatic carbocycles. The molecule has 0 amide bonds. The number of nitrogens with zero attached hydrogens (tertiary/aromatic N) is 3. The monoisotopic (exact) mass is 97.1 g/mol. The second-order valence-electron chi connectivity index (χ2n) is 1.06. The predicted molar refractivity (Wildman–Crippen MR) is 25.9 cm³/mol. The molecule has 0 saturated heterocycles. The van der Waals surface area contributed by atoms with Gasteiger partial charge in [0, 0.05) is 0 Å². The summed E-state index contributed by atoms with van der Waals surface area (Å²) in [5.74, 6) is 5.28. The number of nitrogen functional groups attached to an aromatic ring is 2. The number of rotatable bonds is 0. The molecule has 1 aromatic heterocycles. The first-order valence-electron chi connectivity index (χ1n) is 1.71. The number of aromatic nitrogens is 3. The first-order valence-corrected chi connectivity index (χ1v) is 1.71. The van der Waals surface area contributed by atoms with Crippen LogP contribution in [0.15, 0.2) is 0 Å². The van der Waals surface area contributed by atoms with Crippen molar-refractivity contribution in [2.75, 3.05) is 11.6 Å². The summed E-state index contributed by atoms with van der Waals surface area (Å²) in [6.07, 6.45) is 0. The van der Waals surface area contributed by atoms with E-state index in [4.69, 9.17) is 11.6 Å². The molecular weight excluding hydrogens is 92.9 g/mol. The number of hydrogen-bond donors (Lipinski definition) is 2. The first kappa shape index (κ1) is 4.10. The second kappa shape index (κ2) is 1.21. The quantitative estimate of drug-likeness (QED) is 0.363. The zero-order valence-corrected chi connectivity index (χ0v) is 3.57. The zero-order chi connectivity index (χ0) is 5.28. The fraction of sp³-hybridized carbons (Fsp3) is 0. The zero-order valence-electron chi connectivity index (χ0n) is 3.57. The van der Waals surface area contributed by atoms with Crippen molar-refractivity contribution in [1.82, 2.24) is 14.7 Å². The van der Waals surface area contributed by atoms with Crippen LogP contribution in [0.5, 0.6) is 0 Å². The van der Waals surface area contributed by atoms with Crippen LogP contribution in [-0.4, -0.2) is 21.9 Å². The summed E-state index contributed by atoms with van der Waals surface area (Å²) in [4.78, 5) is 4.52. The minimum atomic E-state index is 0.222. The van der Waals surface area contributed by atoms with Gasteiger partial charge in [0.2, 0.25) is 0 Å². The molecule has 0 aliphatic heterocycles. The van der Waals surface area contributed by atoms with Crippen molar-refractivity contribution < 1.29 is 0 Å². The van der Waals surface area contributed by atoms with E-state index in [0.29, 0.717) is 0 Å². The molecule has 0 bridgehead atoms. The van der Waals surface area contributed by atoms with E-state index in [-0.39, 0.29) is 5.95 Å². The van der Waals surface area contributed by atoms with Crippen LogP contribution in [-0.2, 0) is 0 Å². The maximum atomic E-state index is 5.10. The molecular formula is CH4BN5. The SMILES string of the molecule is Nc1nbnn1N. The van der Waals surface area contributed by atoms with Crippen molar-refractivity contribution in [2.45, 2.75) is 0 Å². The van der Waals surface area contributed by atoms with Crippen LogP contribution in [0.2, 0.25) is 0 Å². The van der Waals surface area contributed by atoms with Gasteiger partial charge < -0.3 is 0 Å². The maximum absolute atomic E-state index is 5.10. The average Bonchev–Trinajstić information content (AvgIpc) is 1.91. The van der Waals surface area contributed by atoms with Crippen LogP contribution in [0.4, 0.5) is 5.95 Å². The Bertz CT molecular complexity index is 140. The van der Waals surface area contributed by atoms with Crippen molar-refractivity contribution in [1.29, 1.82) is 0 Å². The summed E-state index contributed by atoms with van der Waals surface area (Å²) in [6, 6.07) is 0. The van der Waals surface area contributed by atoms with Crippen molar-refractivity contribution in [2.24, 2.45) is 0 Å². The molecule has 4 N–H and O–H groups in total. The van der Waals surface area contributed by atoms with Gasteiger partial charge in [0.1, 0.15) is 0 Å². The van der Waals surface area contributed by atoms with Gasteiger partial charge in [-0.15, -0.1) is 0 Å². The molecule has 5 nitrogen and oxygen atoms in total. The van der Waals surface area contributed by atoms with Gasteiger partial charge in [0.15, 0.2) is 0 Å². The Balaban J connectivity index is 3.12. The fourth-order valence-electron chi connectivity index (χ4n) is 0.259. The molecule has 0 saturated carbocycles. The Labute approximate surface area is 40.6 Å². The fourth-order valence-corrected chi connectivity index (χ4v) is 0.259. The van der Waals surface area contributed by atoms with Crippen LogP contribution in [0.25, 0.3) is 0 Å². The van der Waals surface area contributed by atoms with Gasteiger partial charge in [-0.1, -0.05) is 0 Å². The van der Waals surface area contributed by atoms with Gasteiger partial charge in [-0.2, -0.15) is 0 Å². The number of nitrogens with two attached hydrogens (primary N) is 2. The van der Waals surface area contributed by atoms with Gasteiger partial charge in [-0.25, -0.2) is 0 Å². The van der Waals surface area contributed by atoms with Gasteiger partial charge in [0.05, 0.1) is 0 Å². The molecule has 0 atom stereocenters.